The smallest absolute Gasteiger partial charge is 0.227 e. The molecule has 3 rings (SSSR count). The third-order valence-electron chi connectivity index (χ3n) is 5.32. The molecule has 1 aliphatic heterocycles. The molecule has 0 unspecified atom stereocenters. The van der Waals surface area contributed by atoms with Crippen LogP contribution in [-0.2, 0) is 30.8 Å². The lowest BCUT2D eigenvalue weighted by atomic mass is 10.1. The zero-order valence-electron chi connectivity index (χ0n) is 16.8. The SMILES string of the molecule is COc1cccc(CC(=O)N2CCCn3cnc(CN(C)C(C)C)c3C2)c1. The largest absolute Gasteiger partial charge is 0.497 e. The number of rotatable bonds is 6. The summed E-state index contributed by atoms with van der Waals surface area (Å²) in [6.45, 7) is 7.49. The van der Waals surface area contributed by atoms with Gasteiger partial charge in [0.25, 0.3) is 0 Å². The molecule has 0 N–H and O–H groups in total. The van der Waals surface area contributed by atoms with E-state index in [-0.39, 0.29) is 5.91 Å². The Morgan fingerprint density at radius 1 is 1.33 bits per heavy atom. The van der Waals surface area contributed by atoms with Gasteiger partial charge in [-0.3, -0.25) is 9.69 Å². The number of ether oxygens (including phenoxy) is 1. The van der Waals surface area contributed by atoms with Crippen molar-refractivity contribution in [3.05, 3.63) is 47.5 Å². The Hall–Kier alpha value is -2.34. The molecule has 1 aromatic carbocycles. The van der Waals surface area contributed by atoms with Crippen molar-refractivity contribution in [2.75, 3.05) is 20.7 Å². The van der Waals surface area contributed by atoms with Crippen molar-refractivity contribution in [1.82, 2.24) is 19.4 Å². The fraction of sp³-hybridized carbons (Fsp3) is 0.524. The molecule has 0 atom stereocenters. The van der Waals surface area contributed by atoms with Crippen molar-refractivity contribution < 1.29 is 9.53 Å². The van der Waals surface area contributed by atoms with Gasteiger partial charge in [-0.1, -0.05) is 12.1 Å². The first-order valence-electron chi connectivity index (χ1n) is 9.61. The zero-order chi connectivity index (χ0) is 19.4. The molecule has 0 spiro atoms. The van der Waals surface area contributed by atoms with Crippen LogP contribution in [-0.4, -0.2) is 52.0 Å². The molecule has 2 aromatic rings. The number of fused-ring (bicyclic) bond motifs is 1. The Balaban J connectivity index is 1.73. The molecule has 0 radical (unpaired) electrons. The minimum Gasteiger partial charge on any atom is -0.497 e. The second-order valence-corrected chi connectivity index (χ2v) is 7.54. The van der Waals surface area contributed by atoms with Gasteiger partial charge in [0, 0.05) is 25.7 Å². The quantitative estimate of drug-likeness (QED) is 0.785. The summed E-state index contributed by atoms with van der Waals surface area (Å²) in [5.74, 6) is 0.939. The monoisotopic (exact) mass is 370 g/mol. The van der Waals surface area contributed by atoms with Crippen LogP contribution in [0.3, 0.4) is 0 Å². The molecule has 1 aliphatic rings. The molecule has 146 valence electrons. The summed E-state index contributed by atoms with van der Waals surface area (Å²) in [6.07, 6.45) is 3.27. The van der Waals surface area contributed by atoms with Gasteiger partial charge in [-0.05, 0) is 45.0 Å². The van der Waals surface area contributed by atoms with Crippen LogP contribution in [0.1, 0.15) is 37.2 Å². The number of imidazole rings is 1. The van der Waals surface area contributed by atoms with Crippen LogP contribution in [0.25, 0.3) is 0 Å². The molecule has 1 aromatic heterocycles. The number of amides is 1. The standard InChI is InChI=1S/C21H30N4O2/c1-16(2)23(3)13-19-20-14-24(9-6-10-25(20)15-22-19)21(26)12-17-7-5-8-18(11-17)27-4/h5,7-8,11,15-16H,6,9-10,12-14H2,1-4H3. The third-order valence-corrected chi connectivity index (χ3v) is 5.32. The summed E-state index contributed by atoms with van der Waals surface area (Å²) >= 11 is 0. The second-order valence-electron chi connectivity index (χ2n) is 7.54. The number of carbonyl (C=O) groups excluding carboxylic acids is 1. The van der Waals surface area contributed by atoms with E-state index >= 15 is 0 Å². The highest BCUT2D eigenvalue weighted by atomic mass is 16.5. The first-order chi connectivity index (χ1) is 13.0. The number of aromatic nitrogens is 2. The molecule has 0 bridgehead atoms. The highest BCUT2D eigenvalue weighted by molar-refractivity contribution is 5.79. The van der Waals surface area contributed by atoms with Gasteiger partial charge in [0.15, 0.2) is 0 Å². The molecule has 1 amide bonds. The van der Waals surface area contributed by atoms with E-state index in [1.165, 1.54) is 5.69 Å². The maximum atomic E-state index is 12.9. The third kappa shape index (κ3) is 4.69. The van der Waals surface area contributed by atoms with Crippen LogP contribution in [0, 0.1) is 0 Å². The number of methoxy groups -OCH3 is 1. The Bertz CT molecular complexity index is 784. The summed E-state index contributed by atoms with van der Waals surface area (Å²) in [5.41, 5.74) is 3.23. The van der Waals surface area contributed by atoms with Gasteiger partial charge in [-0.2, -0.15) is 0 Å². The molecule has 2 heterocycles. The fourth-order valence-electron chi connectivity index (χ4n) is 3.35. The van der Waals surface area contributed by atoms with E-state index in [1.807, 2.05) is 35.5 Å². The van der Waals surface area contributed by atoms with Crippen LogP contribution in [0.15, 0.2) is 30.6 Å². The maximum absolute atomic E-state index is 12.9. The van der Waals surface area contributed by atoms with E-state index in [4.69, 9.17) is 4.74 Å². The van der Waals surface area contributed by atoms with E-state index in [9.17, 15) is 4.79 Å². The van der Waals surface area contributed by atoms with Crippen molar-refractivity contribution in [2.45, 2.75) is 52.4 Å². The van der Waals surface area contributed by atoms with Gasteiger partial charge < -0.3 is 14.2 Å². The fourth-order valence-corrected chi connectivity index (χ4v) is 3.35. The Labute approximate surface area is 161 Å². The number of aryl methyl sites for hydroxylation is 1. The van der Waals surface area contributed by atoms with Crippen LogP contribution in [0.2, 0.25) is 0 Å². The van der Waals surface area contributed by atoms with Gasteiger partial charge >= 0.3 is 0 Å². The lowest BCUT2D eigenvalue weighted by Gasteiger charge is -2.23. The van der Waals surface area contributed by atoms with Crippen molar-refractivity contribution in [1.29, 1.82) is 0 Å². The van der Waals surface area contributed by atoms with Gasteiger partial charge in [0.05, 0.1) is 37.8 Å². The predicted molar refractivity (Wildman–Crippen MR) is 106 cm³/mol. The molecular formula is C21H30N4O2. The highest BCUT2D eigenvalue weighted by Crippen LogP contribution is 2.20. The molecule has 0 aliphatic carbocycles. The van der Waals surface area contributed by atoms with Crippen molar-refractivity contribution in [3.8, 4) is 5.75 Å². The number of hydrogen-bond acceptors (Lipinski definition) is 4. The molecule has 0 saturated heterocycles. The zero-order valence-corrected chi connectivity index (χ0v) is 16.8. The Kier molecular flexibility index (Phi) is 6.16. The first kappa shape index (κ1) is 19.4. The molecular weight excluding hydrogens is 340 g/mol. The number of carbonyl (C=O) groups is 1. The van der Waals surface area contributed by atoms with Crippen LogP contribution in [0.5, 0.6) is 5.75 Å². The minimum absolute atomic E-state index is 0.154. The highest BCUT2D eigenvalue weighted by Gasteiger charge is 2.23. The minimum atomic E-state index is 0.154. The second kappa shape index (κ2) is 8.57. The molecule has 0 saturated carbocycles. The van der Waals surface area contributed by atoms with Gasteiger partial charge in [0.2, 0.25) is 5.91 Å². The van der Waals surface area contributed by atoms with E-state index in [0.717, 1.165) is 43.1 Å². The first-order valence-corrected chi connectivity index (χ1v) is 9.61. The summed E-state index contributed by atoms with van der Waals surface area (Å²) in [5, 5.41) is 0. The number of nitrogens with zero attached hydrogens (tertiary/aromatic N) is 4. The van der Waals surface area contributed by atoms with Gasteiger partial charge in [-0.15, -0.1) is 0 Å². The van der Waals surface area contributed by atoms with E-state index in [0.29, 0.717) is 19.0 Å². The summed E-state index contributed by atoms with van der Waals surface area (Å²) in [7, 11) is 3.76. The Morgan fingerprint density at radius 3 is 2.89 bits per heavy atom. The molecule has 27 heavy (non-hydrogen) atoms. The van der Waals surface area contributed by atoms with Gasteiger partial charge in [0.1, 0.15) is 5.75 Å². The topological polar surface area (TPSA) is 50.6 Å². The van der Waals surface area contributed by atoms with Crippen LogP contribution < -0.4 is 4.74 Å². The molecule has 6 nitrogen and oxygen atoms in total. The lowest BCUT2D eigenvalue weighted by Crippen LogP contribution is -2.33. The molecule has 6 heteroatoms. The summed E-state index contributed by atoms with van der Waals surface area (Å²) < 4.78 is 7.48. The summed E-state index contributed by atoms with van der Waals surface area (Å²) in [4.78, 5) is 21.8. The molecule has 0 fully saturated rings. The number of hydrogen-bond donors (Lipinski definition) is 0. The lowest BCUT2D eigenvalue weighted by molar-refractivity contribution is -0.131. The Morgan fingerprint density at radius 2 is 2.15 bits per heavy atom. The number of benzene rings is 1. The maximum Gasteiger partial charge on any atom is 0.227 e. The van der Waals surface area contributed by atoms with Crippen molar-refractivity contribution in [3.63, 3.8) is 0 Å². The van der Waals surface area contributed by atoms with Gasteiger partial charge in [-0.25, -0.2) is 4.98 Å². The van der Waals surface area contributed by atoms with Crippen molar-refractivity contribution in [2.24, 2.45) is 0 Å². The van der Waals surface area contributed by atoms with E-state index < -0.39 is 0 Å². The van der Waals surface area contributed by atoms with Crippen LogP contribution >= 0.6 is 0 Å². The van der Waals surface area contributed by atoms with E-state index in [1.54, 1.807) is 7.11 Å². The predicted octanol–water partition coefficient (Wildman–Crippen LogP) is 2.71. The summed E-state index contributed by atoms with van der Waals surface area (Å²) in [6, 6.07) is 8.20. The average Bonchev–Trinajstić information content (AvgIpc) is 2.89. The van der Waals surface area contributed by atoms with E-state index in [2.05, 4.69) is 35.3 Å². The van der Waals surface area contributed by atoms with Crippen molar-refractivity contribution >= 4 is 5.91 Å². The van der Waals surface area contributed by atoms with Crippen LogP contribution in [0.4, 0.5) is 0 Å². The normalized spacial score (nSPS) is 14.4. The average molecular weight is 370 g/mol.